The van der Waals surface area contributed by atoms with Crippen molar-refractivity contribution in [2.24, 2.45) is 0 Å². The summed E-state index contributed by atoms with van der Waals surface area (Å²) in [7, 11) is -3.66. The van der Waals surface area contributed by atoms with Crippen LogP contribution < -0.4 is 0 Å². The van der Waals surface area contributed by atoms with Crippen molar-refractivity contribution in [1.29, 1.82) is 0 Å². The quantitative estimate of drug-likeness (QED) is 0.537. The van der Waals surface area contributed by atoms with Crippen molar-refractivity contribution in [2.45, 2.75) is 82.3 Å². The summed E-state index contributed by atoms with van der Waals surface area (Å²) in [6, 6.07) is 10.1. The standard InChI is InChI=1S/C21H36O5SSi2/c1-8-27-21-19(26-29(5,6)7)18(25-28(2,3)4)17-16(23-21)14-22-20(24-17)15-12-10-9-11-13-15/h9-13,16-21H,8,14H2,1-7H3/t16-,17-,18+,19-,20-,21+/m1/s1. The van der Waals surface area contributed by atoms with E-state index in [4.69, 9.17) is 23.1 Å². The number of ether oxygens (including phenoxy) is 3. The highest BCUT2D eigenvalue weighted by molar-refractivity contribution is 7.99. The van der Waals surface area contributed by atoms with Gasteiger partial charge in [0.05, 0.1) is 6.61 Å². The van der Waals surface area contributed by atoms with Crippen molar-refractivity contribution >= 4 is 28.4 Å². The molecule has 0 amide bonds. The normalized spacial score (nSPS) is 33.3. The second kappa shape index (κ2) is 9.52. The van der Waals surface area contributed by atoms with E-state index in [1.54, 1.807) is 11.8 Å². The van der Waals surface area contributed by atoms with Gasteiger partial charge < -0.3 is 23.1 Å². The van der Waals surface area contributed by atoms with Gasteiger partial charge in [-0.3, -0.25) is 0 Å². The van der Waals surface area contributed by atoms with Crippen LogP contribution in [0.1, 0.15) is 18.8 Å². The molecule has 0 bridgehead atoms. The van der Waals surface area contributed by atoms with Crippen molar-refractivity contribution in [1.82, 2.24) is 0 Å². The van der Waals surface area contributed by atoms with E-state index in [0.29, 0.717) is 6.61 Å². The second-order valence-electron chi connectivity index (χ2n) is 9.56. The molecule has 0 N–H and O–H groups in total. The molecule has 2 aliphatic heterocycles. The molecule has 0 aliphatic carbocycles. The van der Waals surface area contributed by atoms with Crippen molar-refractivity contribution < 1.29 is 23.1 Å². The van der Waals surface area contributed by atoms with Crippen LogP contribution >= 0.6 is 11.8 Å². The Morgan fingerprint density at radius 3 is 2.14 bits per heavy atom. The Morgan fingerprint density at radius 1 is 0.931 bits per heavy atom. The van der Waals surface area contributed by atoms with E-state index in [-0.39, 0.29) is 29.9 Å². The topological polar surface area (TPSA) is 46.2 Å². The first kappa shape index (κ1) is 23.5. The summed E-state index contributed by atoms with van der Waals surface area (Å²) < 4.78 is 32.4. The summed E-state index contributed by atoms with van der Waals surface area (Å²) >= 11 is 1.78. The maximum absolute atomic E-state index is 6.73. The van der Waals surface area contributed by atoms with Crippen LogP contribution in [-0.4, -0.2) is 58.8 Å². The fourth-order valence-corrected chi connectivity index (χ4v) is 6.91. The lowest BCUT2D eigenvalue weighted by Gasteiger charge is -2.51. The number of thioether (sulfide) groups is 1. The van der Waals surface area contributed by atoms with E-state index < -0.39 is 22.9 Å². The third-order valence-corrected chi connectivity index (χ3v) is 7.67. The van der Waals surface area contributed by atoms with E-state index >= 15 is 0 Å². The van der Waals surface area contributed by atoms with Gasteiger partial charge in [0.2, 0.25) is 0 Å². The lowest BCUT2D eigenvalue weighted by atomic mass is 9.99. The molecule has 2 heterocycles. The zero-order valence-electron chi connectivity index (χ0n) is 18.7. The molecule has 2 saturated heterocycles. The van der Waals surface area contributed by atoms with Crippen LogP contribution in [0.5, 0.6) is 0 Å². The molecule has 29 heavy (non-hydrogen) atoms. The summed E-state index contributed by atoms with van der Waals surface area (Å²) in [5.74, 6) is 0.960. The molecule has 6 atom stereocenters. The minimum Gasteiger partial charge on any atom is -0.409 e. The predicted molar refractivity (Wildman–Crippen MR) is 123 cm³/mol. The molecule has 0 aromatic heterocycles. The summed E-state index contributed by atoms with van der Waals surface area (Å²) in [4.78, 5) is 0. The molecule has 2 fully saturated rings. The van der Waals surface area contributed by atoms with Crippen LogP contribution in [0.2, 0.25) is 39.3 Å². The van der Waals surface area contributed by atoms with Crippen LogP contribution in [0.15, 0.2) is 30.3 Å². The smallest absolute Gasteiger partial charge is 0.184 e. The van der Waals surface area contributed by atoms with E-state index in [1.165, 1.54) is 0 Å². The summed E-state index contributed by atoms with van der Waals surface area (Å²) in [5.41, 5.74) is 0.945. The van der Waals surface area contributed by atoms with E-state index in [9.17, 15) is 0 Å². The number of fused-ring (bicyclic) bond motifs is 1. The summed E-state index contributed by atoms with van der Waals surface area (Å²) in [5, 5.41) is 0. The van der Waals surface area contributed by atoms with Gasteiger partial charge in [-0.2, -0.15) is 0 Å². The van der Waals surface area contributed by atoms with Crippen LogP contribution in [0, 0.1) is 0 Å². The van der Waals surface area contributed by atoms with Crippen LogP contribution in [-0.2, 0) is 23.1 Å². The van der Waals surface area contributed by atoms with Gasteiger partial charge in [0.1, 0.15) is 29.9 Å². The van der Waals surface area contributed by atoms with Crippen molar-refractivity contribution in [3.8, 4) is 0 Å². The van der Waals surface area contributed by atoms with E-state index in [1.807, 2.05) is 30.3 Å². The second-order valence-corrected chi connectivity index (χ2v) is 19.9. The molecule has 5 nitrogen and oxygen atoms in total. The first-order chi connectivity index (χ1) is 13.6. The lowest BCUT2D eigenvalue weighted by Crippen LogP contribution is -2.65. The maximum Gasteiger partial charge on any atom is 0.184 e. The fourth-order valence-electron chi connectivity index (χ4n) is 3.70. The zero-order valence-corrected chi connectivity index (χ0v) is 21.5. The Bertz CT molecular complexity index is 649. The molecule has 2 aliphatic rings. The highest BCUT2D eigenvalue weighted by atomic mass is 32.2. The molecule has 0 radical (unpaired) electrons. The van der Waals surface area contributed by atoms with Gasteiger partial charge in [-0.1, -0.05) is 37.3 Å². The minimum absolute atomic E-state index is 0.0743. The molecule has 8 heteroatoms. The average Bonchev–Trinajstić information content (AvgIpc) is 2.63. The van der Waals surface area contributed by atoms with Gasteiger partial charge in [-0.15, -0.1) is 11.8 Å². The predicted octanol–water partition coefficient (Wildman–Crippen LogP) is 5.02. The number of hydrogen-bond donors (Lipinski definition) is 0. The van der Waals surface area contributed by atoms with Gasteiger partial charge in [0.15, 0.2) is 22.9 Å². The largest absolute Gasteiger partial charge is 0.409 e. The number of benzene rings is 1. The minimum atomic E-state index is -1.84. The van der Waals surface area contributed by atoms with E-state index in [2.05, 4.69) is 46.2 Å². The first-order valence-corrected chi connectivity index (χ1v) is 18.4. The Kier molecular flexibility index (Phi) is 7.70. The third kappa shape index (κ3) is 6.40. The van der Waals surface area contributed by atoms with Gasteiger partial charge in [0.25, 0.3) is 0 Å². The zero-order chi connectivity index (χ0) is 21.2. The lowest BCUT2D eigenvalue weighted by molar-refractivity contribution is -0.314. The Balaban J connectivity index is 1.90. The van der Waals surface area contributed by atoms with E-state index in [0.717, 1.165) is 11.3 Å². The highest BCUT2D eigenvalue weighted by Gasteiger charge is 2.52. The molecule has 1 aromatic carbocycles. The molecule has 1 aromatic rings. The van der Waals surface area contributed by atoms with Crippen LogP contribution in [0.3, 0.4) is 0 Å². The van der Waals surface area contributed by atoms with Gasteiger partial charge >= 0.3 is 0 Å². The molecular formula is C21H36O5SSi2. The van der Waals surface area contributed by atoms with Crippen LogP contribution in [0.4, 0.5) is 0 Å². The molecule has 164 valence electrons. The fraction of sp³-hybridized carbons (Fsp3) is 0.714. The molecule has 3 rings (SSSR count). The monoisotopic (exact) mass is 456 g/mol. The molecule has 0 saturated carbocycles. The Morgan fingerprint density at radius 2 is 1.55 bits per heavy atom. The van der Waals surface area contributed by atoms with Gasteiger partial charge in [-0.25, -0.2) is 0 Å². The summed E-state index contributed by atoms with van der Waals surface area (Å²) in [6.07, 6.45) is -1.07. The van der Waals surface area contributed by atoms with Crippen LogP contribution in [0.25, 0.3) is 0 Å². The summed E-state index contributed by atoms with van der Waals surface area (Å²) in [6.45, 7) is 16.0. The number of rotatable bonds is 7. The molecular weight excluding hydrogens is 420 g/mol. The SMILES string of the molecule is CCS[C@@H]1O[C@@H]2CO[C@@H](c3ccccc3)O[C@H]2[C@H](O[Si](C)(C)C)[C@H]1O[Si](C)(C)C. The molecule has 0 spiro atoms. The number of hydrogen-bond acceptors (Lipinski definition) is 6. The van der Waals surface area contributed by atoms with Crippen molar-refractivity contribution in [3.63, 3.8) is 0 Å². The highest BCUT2D eigenvalue weighted by Crippen LogP contribution is 2.40. The van der Waals surface area contributed by atoms with Crippen molar-refractivity contribution in [2.75, 3.05) is 12.4 Å². The average molecular weight is 457 g/mol. The molecule has 0 unspecified atom stereocenters. The van der Waals surface area contributed by atoms with Gasteiger partial charge in [-0.05, 0) is 45.0 Å². The van der Waals surface area contributed by atoms with Crippen molar-refractivity contribution in [3.05, 3.63) is 35.9 Å². The van der Waals surface area contributed by atoms with Gasteiger partial charge in [0, 0.05) is 5.56 Å². The maximum atomic E-state index is 6.73. The Labute approximate surface area is 182 Å². The third-order valence-electron chi connectivity index (χ3n) is 4.67. The first-order valence-electron chi connectivity index (χ1n) is 10.5. The Hall–Kier alpha value is -0.196.